The van der Waals surface area contributed by atoms with Crippen LogP contribution in [0.4, 0.5) is 4.39 Å². The fourth-order valence-corrected chi connectivity index (χ4v) is 3.93. The van der Waals surface area contributed by atoms with Crippen molar-refractivity contribution in [2.24, 2.45) is 5.92 Å². The maximum atomic E-state index is 13.9. The Morgan fingerprint density at radius 1 is 1.24 bits per heavy atom. The number of carbonyl (C=O) groups is 2. The highest BCUT2D eigenvalue weighted by atomic mass is 19.1. The monoisotopic (exact) mass is 393 g/mol. The van der Waals surface area contributed by atoms with Gasteiger partial charge < -0.3 is 16.0 Å². The van der Waals surface area contributed by atoms with Crippen molar-refractivity contribution < 1.29 is 14.0 Å². The van der Waals surface area contributed by atoms with E-state index in [-0.39, 0.29) is 24.3 Å². The van der Waals surface area contributed by atoms with Gasteiger partial charge in [0.2, 0.25) is 0 Å². The fourth-order valence-electron chi connectivity index (χ4n) is 3.93. The zero-order chi connectivity index (χ0) is 20.6. The van der Waals surface area contributed by atoms with Gasteiger partial charge in [-0.05, 0) is 60.1 Å². The second kappa shape index (κ2) is 7.35. The Balaban J connectivity index is 1.59. The summed E-state index contributed by atoms with van der Waals surface area (Å²) in [4.78, 5) is 25.5. The van der Waals surface area contributed by atoms with E-state index in [1.54, 1.807) is 0 Å². The Morgan fingerprint density at radius 2 is 1.97 bits per heavy atom. The minimum atomic E-state index is -0.865. The number of hydrogen-bond donors (Lipinski definition) is 3. The average molecular weight is 393 g/mol. The average Bonchev–Trinajstić information content (AvgIpc) is 3.52. The molecule has 3 N–H and O–H groups in total. The van der Waals surface area contributed by atoms with Crippen molar-refractivity contribution in [3.05, 3.63) is 71.8 Å². The van der Waals surface area contributed by atoms with Gasteiger partial charge in [0, 0.05) is 5.56 Å². The first-order chi connectivity index (χ1) is 13.9. The molecular formula is C23H24FN3O2. The highest BCUT2D eigenvalue weighted by Crippen LogP contribution is 2.41. The number of amides is 2. The van der Waals surface area contributed by atoms with Gasteiger partial charge in [-0.25, -0.2) is 4.39 Å². The maximum Gasteiger partial charge on any atom is 0.253 e. The number of hydrogen-bond acceptors (Lipinski definition) is 3. The van der Waals surface area contributed by atoms with Gasteiger partial charge in [-0.3, -0.25) is 9.59 Å². The van der Waals surface area contributed by atoms with Crippen molar-refractivity contribution >= 4 is 11.8 Å². The SMILES string of the molecule is C=C1NC(=O)[C@](CNC(=O)c2ccc(F)cc2-c2ccc(CC)cc2)(C2CC2)N1. The molecule has 0 radical (unpaired) electrons. The van der Waals surface area contributed by atoms with E-state index >= 15 is 0 Å². The van der Waals surface area contributed by atoms with Crippen LogP contribution in [0.3, 0.4) is 0 Å². The van der Waals surface area contributed by atoms with Crippen LogP contribution in [0.15, 0.2) is 54.9 Å². The first-order valence-electron chi connectivity index (χ1n) is 9.88. The summed E-state index contributed by atoms with van der Waals surface area (Å²) in [6, 6.07) is 11.9. The molecule has 1 saturated heterocycles. The fraction of sp³-hybridized carbons (Fsp3) is 0.304. The predicted octanol–water partition coefficient (Wildman–Crippen LogP) is 3.12. The molecule has 2 aliphatic rings. The van der Waals surface area contributed by atoms with Crippen LogP contribution in [0, 0.1) is 11.7 Å². The van der Waals surface area contributed by atoms with Crippen LogP contribution in [-0.4, -0.2) is 23.9 Å². The van der Waals surface area contributed by atoms with Crippen molar-refractivity contribution in [1.82, 2.24) is 16.0 Å². The van der Waals surface area contributed by atoms with Crippen molar-refractivity contribution in [2.45, 2.75) is 31.7 Å². The lowest BCUT2D eigenvalue weighted by molar-refractivity contribution is -0.124. The largest absolute Gasteiger partial charge is 0.356 e. The smallest absolute Gasteiger partial charge is 0.253 e. The molecule has 2 fully saturated rings. The van der Waals surface area contributed by atoms with Gasteiger partial charge in [0.05, 0.1) is 12.4 Å². The molecule has 2 aromatic carbocycles. The van der Waals surface area contributed by atoms with Gasteiger partial charge in [-0.15, -0.1) is 0 Å². The molecule has 1 saturated carbocycles. The summed E-state index contributed by atoms with van der Waals surface area (Å²) in [5.74, 6) is -0.295. The van der Waals surface area contributed by atoms with Crippen LogP contribution in [0.2, 0.25) is 0 Å². The number of benzene rings is 2. The number of nitrogens with one attached hydrogen (secondary N) is 3. The molecule has 0 aromatic heterocycles. The van der Waals surface area contributed by atoms with E-state index in [1.807, 2.05) is 24.3 Å². The van der Waals surface area contributed by atoms with E-state index in [4.69, 9.17) is 0 Å². The Kier molecular flexibility index (Phi) is 4.86. The normalized spacial score (nSPS) is 20.9. The standard InChI is InChI=1S/C23H24FN3O2/c1-3-15-4-6-16(7-5-15)20-12-18(24)10-11-19(20)21(28)25-13-23(17-8-9-17)22(29)26-14(2)27-23/h4-7,10-12,17,27H,2-3,8-9,13H2,1H3,(H,25,28)(H,26,29)/t23-/m0/s1. The molecule has 2 amide bonds. The lowest BCUT2D eigenvalue weighted by Crippen LogP contribution is -2.56. The van der Waals surface area contributed by atoms with Gasteiger partial charge in [-0.2, -0.15) is 0 Å². The van der Waals surface area contributed by atoms with Crippen LogP contribution in [0.1, 0.15) is 35.7 Å². The molecule has 0 spiro atoms. The topological polar surface area (TPSA) is 70.2 Å². The van der Waals surface area contributed by atoms with Crippen LogP contribution in [0.5, 0.6) is 0 Å². The van der Waals surface area contributed by atoms with Crippen molar-refractivity contribution in [3.63, 3.8) is 0 Å². The summed E-state index contributed by atoms with van der Waals surface area (Å²) in [5.41, 5.74) is 1.98. The predicted molar refractivity (Wildman–Crippen MR) is 109 cm³/mol. The quantitative estimate of drug-likeness (QED) is 0.706. The molecule has 1 heterocycles. The van der Waals surface area contributed by atoms with Crippen molar-refractivity contribution in [2.75, 3.05) is 6.54 Å². The minimum Gasteiger partial charge on any atom is -0.356 e. The molecular weight excluding hydrogens is 369 g/mol. The van der Waals surface area contributed by atoms with Crippen LogP contribution < -0.4 is 16.0 Å². The van der Waals surface area contributed by atoms with Crippen LogP contribution in [-0.2, 0) is 11.2 Å². The van der Waals surface area contributed by atoms with E-state index in [0.29, 0.717) is 16.9 Å². The van der Waals surface area contributed by atoms with Gasteiger partial charge >= 0.3 is 0 Å². The second-order valence-electron chi connectivity index (χ2n) is 7.73. The number of aryl methyl sites for hydroxylation is 1. The van der Waals surface area contributed by atoms with E-state index in [2.05, 4.69) is 29.5 Å². The third kappa shape index (κ3) is 3.62. The summed E-state index contributed by atoms with van der Waals surface area (Å²) < 4.78 is 13.9. The first-order valence-corrected chi connectivity index (χ1v) is 9.88. The second-order valence-corrected chi connectivity index (χ2v) is 7.73. The summed E-state index contributed by atoms with van der Waals surface area (Å²) >= 11 is 0. The Morgan fingerprint density at radius 3 is 2.55 bits per heavy atom. The zero-order valence-corrected chi connectivity index (χ0v) is 16.3. The highest BCUT2D eigenvalue weighted by molar-refractivity contribution is 6.01. The van der Waals surface area contributed by atoms with Crippen molar-refractivity contribution in [1.29, 1.82) is 0 Å². The molecule has 1 atom stereocenters. The maximum absolute atomic E-state index is 13.9. The van der Waals surface area contributed by atoms with E-state index < -0.39 is 11.4 Å². The van der Waals surface area contributed by atoms with Crippen LogP contribution >= 0.6 is 0 Å². The number of rotatable bonds is 6. The molecule has 6 heteroatoms. The first kappa shape index (κ1) is 19.2. The van der Waals surface area contributed by atoms with E-state index in [0.717, 1.165) is 24.8 Å². The molecule has 0 bridgehead atoms. The zero-order valence-electron chi connectivity index (χ0n) is 16.3. The van der Waals surface area contributed by atoms with Gasteiger partial charge in [-0.1, -0.05) is 37.8 Å². The van der Waals surface area contributed by atoms with E-state index in [9.17, 15) is 14.0 Å². The molecule has 150 valence electrons. The van der Waals surface area contributed by atoms with Crippen molar-refractivity contribution in [3.8, 4) is 11.1 Å². The lowest BCUT2D eigenvalue weighted by atomic mass is 9.92. The Bertz CT molecular complexity index is 982. The highest BCUT2D eigenvalue weighted by Gasteiger charge is 2.54. The molecule has 5 nitrogen and oxygen atoms in total. The Hall–Kier alpha value is -3.15. The van der Waals surface area contributed by atoms with Gasteiger partial charge in [0.15, 0.2) is 0 Å². The van der Waals surface area contributed by atoms with E-state index in [1.165, 1.54) is 23.8 Å². The Labute approximate surface area is 169 Å². The molecule has 2 aromatic rings. The molecule has 1 aliphatic carbocycles. The summed E-state index contributed by atoms with van der Waals surface area (Å²) in [6.45, 7) is 5.98. The third-order valence-electron chi connectivity index (χ3n) is 5.75. The minimum absolute atomic E-state index is 0.146. The van der Waals surface area contributed by atoms with Gasteiger partial charge in [0.1, 0.15) is 11.4 Å². The molecule has 1 aliphatic heterocycles. The lowest BCUT2D eigenvalue weighted by Gasteiger charge is -2.27. The molecule has 0 unspecified atom stereocenters. The molecule has 4 rings (SSSR count). The summed E-state index contributed by atoms with van der Waals surface area (Å²) in [6.07, 6.45) is 2.75. The number of carbonyl (C=O) groups excluding carboxylic acids is 2. The summed E-state index contributed by atoms with van der Waals surface area (Å²) in [7, 11) is 0. The molecule has 29 heavy (non-hydrogen) atoms. The summed E-state index contributed by atoms with van der Waals surface area (Å²) in [5, 5.41) is 8.71. The van der Waals surface area contributed by atoms with Crippen LogP contribution in [0.25, 0.3) is 11.1 Å². The van der Waals surface area contributed by atoms with Gasteiger partial charge in [0.25, 0.3) is 11.8 Å². The number of halogens is 1. The third-order valence-corrected chi connectivity index (χ3v) is 5.75.